The normalized spacial score (nSPS) is 7.80. The van der Waals surface area contributed by atoms with Crippen LogP contribution < -0.4 is 0 Å². The van der Waals surface area contributed by atoms with Gasteiger partial charge in [0.25, 0.3) is 0 Å². The molecule has 0 N–H and O–H groups in total. The summed E-state index contributed by atoms with van der Waals surface area (Å²) >= 11 is 0. The molecule has 0 heterocycles. The van der Waals surface area contributed by atoms with Crippen molar-refractivity contribution in [3.05, 3.63) is 23.6 Å². The lowest BCUT2D eigenvalue weighted by Crippen LogP contribution is -1.78. The third-order valence-electron chi connectivity index (χ3n) is 0.787. The maximum Gasteiger partial charge on any atom is 0.0723 e. The molecule has 0 aromatic rings. The summed E-state index contributed by atoms with van der Waals surface area (Å²) in [5.74, 6) is 0. The van der Waals surface area contributed by atoms with Crippen LogP contribution in [0.25, 0.3) is 0 Å². The van der Waals surface area contributed by atoms with Gasteiger partial charge in [0.15, 0.2) is 0 Å². The number of methoxy groups -OCH3 is 2. The Balaban J connectivity index is 3.50. The van der Waals surface area contributed by atoms with Gasteiger partial charge in [0.1, 0.15) is 0 Å². The standard InChI is InChI=1S/C8H12O2/c1-9-7-5-3-4-6-8-10-2/h5-6H,7-8H2,1-2H3. The van der Waals surface area contributed by atoms with E-state index in [4.69, 9.17) is 9.47 Å². The molecule has 0 saturated carbocycles. The molecule has 0 spiro atoms. The second kappa shape index (κ2) is 8.22. The van der Waals surface area contributed by atoms with Crippen LogP contribution in [-0.4, -0.2) is 27.4 Å². The Kier molecular flexibility index (Phi) is 7.58. The molecule has 2 nitrogen and oxygen atoms in total. The Hall–Kier alpha value is -0.780. The van der Waals surface area contributed by atoms with Crippen LogP contribution in [0.5, 0.6) is 0 Å². The fourth-order valence-electron chi connectivity index (χ4n) is 0.368. The summed E-state index contributed by atoms with van der Waals surface area (Å²) in [4.78, 5) is 0. The molecule has 10 heavy (non-hydrogen) atoms. The van der Waals surface area contributed by atoms with Crippen LogP contribution in [0, 0.1) is 0 Å². The average Bonchev–Trinajstić information content (AvgIpc) is 1.97. The molecule has 0 atom stereocenters. The molecule has 0 rings (SSSR count). The first-order chi connectivity index (χ1) is 4.91. The quantitative estimate of drug-likeness (QED) is 0.545. The van der Waals surface area contributed by atoms with Crippen LogP contribution >= 0.6 is 0 Å². The van der Waals surface area contributed by atoms with Gasteiger partial charge in [-0.3, -0.25) is 0 Å². The summed E-state index contributed by atoms with van der Waals surface area (Å²) in [5, 5.41) is 0. The average molecular weight is 140 g/mol. The number of rotatable bonds is 4. The first kappa shape index (κ1) is 9.22. The zero-order chi connectivity index (χ0) is 7.66. The Morgan fingerprint density at radius 2 is 1.40 bits per heavy atom. The molecule has 56 valence electrons. The number of ether oxygens (including phenoxy) is 2. The molecule has 0 aromatic heterocycles. The van der Waals surface area contributed by atoms with E-state index >= 15 is 0 Å². The van der Waals surface area contributed by atoms with Crippen LogP contribution in [0.15, 0.2) is 23.6 Å². The topological polar surface area (TPSA) is 18.5 Å². The summed E-state index contributed by atoms with van der Waals surface area (Å²) in [6.07, 6.45) is 3.51. The third-order valence-corrected chi connectivity index (χ3v) is 0.787. The van der Waals surface area contributed by atoms with E-state index in [0.29, 0.717) is 13.2 Å². The van der Waals surface area contributed by atoms with Crippen molar-refractivity contribution in [3.8, 4) is 0 Å². The summed E-state index contributed by atoms with van der Waals surface area (Å²) in [6.45, 7) is 1.15. The lowest BCUT2D eigenvalue weighted by Gasteiger charge is -1.81. The van der Waals surface area contributed by atoms with Crippen LogP contribution in [0.3, 0.4) is 0 Å². The summed E-state index contributed by atoms with van der Waals surface area (Å²) < 4.78 is 9.49. The maximum absolute atomic E-state index is 4.75. The SMILES string of the molecule is COCC=C=C=CCOC. The molecular formula is C8H12O2. The van der Waals surface area contributed by atoms with Gasteiger partial charge in [-0.15, -0.1) is 0 Å². The molecular weight excluding hydrogens is 128 g/mol. The lowest BCUT2D eigenvalue weighted by molar-refractivity contribution is 0.233. The van der Waals surface area contributed by atoms with Crippen LogP contribution in [0.4, 0.5) is 0 Å². The molecule has 2 heteroatoms. The molecule has 0 aliphatic rings. The van der Waals surface area contributed by atoms with Crippen molar-refractivity contribution in [2.24, 2.45) is 0 Å². The Morgan fingerprint density at radius 1 is 1.00 bits per heavy atom. The highest BCUT2D eigenvalue weighted by atomic mass is 16.5. The minimum atomic E-state index is 0.577. The monoisotopic (exact) mass is 140 g/mol. The first-order valence-electron chi connectivity index (χ1n) is 3.04. The van der Waals surface area contributed by atoms with Crippen molar-refractivity contribution >= 4 is 0 Å². The van der Waals surface area contributed by atoms with Gasteiger partial charge in [0.2, 0.25) is 0 Å². The van der Waals surface area contributed by atoms with E-state index < -0.39 is 0 Å². The molecule has 0 aromatic carbocycles. The van der Waals surface area contributed by atoms with E-state index in [-0.39, 0.29) is 0 Å². The van der Waals surface area contributed by atoms with Crippen molar-refractivity contribution in [2.75, 3.05) is 27.4 Å². The van der Waals surface area contributed by atoms with Crippen molar-refractivity contribution in [3.63, 3.8) is 0 Å². The van der Waals surface area contributed by atoms with Gasteiger partial charge in [-0.1, -0.05) is 11.5 Å². The van der Waals surface area contributed by atoms with E-state index in [9.17, 15) is 0 Å². The molecule has 0 aliphatic heterocycles. The molecule has 0 fully saturated rings. The van der Waals surface area contributed by atoms with Crippen LogP contribution in [-0.2, 0) is 9.47 Å². The van der Waals surface area contributed by atoms with Crippen molar-refractivity contribution in [1.82, 2.24) is 0 Å². The largest absolute Gasteiger partial charge is 0.380 e. The second-order valence-corrected chi connectivity index (χ2v) is 1.61. The van der Waals surface area contributed by atoms with Gasteiger partial charge < -0.3 is 9.47 Å². The highest BCUT2D eigenvalue weighted by Gasteiger charge is 1.65. The van der Waals surface area contributed by atoms with Gasteiger partial charge in [-0.25, -0.2) is 0 Å². The lowest BCUT2D eigenvalue weighted by atomic mass is 10.6. The van der Waals surface area contributed by atoms with Crippen LogP contribution in [0.2, 0.25) is 0 Å². The molecule has 0 saturated heterocycles. The molecule has 0 bridgehead atoms. The molecule has 0 amide bonds. The second-order valence-electron chi connectivity index (χ2n) is 1.61. The summed E-state index contributed by atoms with van der Waals surface area (Å²) in [6, 6.07) is 0. The van der Waals surface area contributed by atoms with E-state index in [2.05, 4.69) is 11.5 Å². The predicted octanol–water partition coefficient (Wildman–Crippen LogP) is 1.15. The van der Waals surface area contributed by atoms with Gasteiger partial charge in [-0.2, -0.15) is 0 Å². The zero-order valence-corrected chi connectivity index (χ0v) is 6.39. The Morgan fingerprint density at radius 3 is 1.70 bits per heavy atom. The first-order valence-corrected chi connectivity index (χ1v) is 3.04. The minimum absolute atomic E-state index is 0.577. The van der Waals surface area contributed by atoms with Gasteiger partial charge in [0.05, 0.1) is 13.2 Å². The Labute approximate surface area is 61.5 Å². The highest BCUT2D eigenvalue weighted by molar-refractivity contribution is 4.86. The predicted molar refractivity (Wildman–Crippen MR) is 39.9 cm³/mol. The fraction of sp³-hybridized carbons (Fsp3) is 0.500. The smallest absolute Gasteiger partial charge is 0.0723 e. The van der Waals surface area contributed by atoms with Crippen molar-refractivity contribution < 1.29 is 9.47 Å². The van der Waals surface area contributed by atoms with Gasteiger partial charge >= 0.3 is 0 Å². The van der Waals surface area contributed by atoms with E-state index in [1.807, 2.05) is 0 Å². The summed E-state index contributed by atoms with van der Waals surface area (Å²) in [5.41, 5.74) is 5.57. The molecule has 0 aliphatic carbocycles. The minimum Gasteiger partial charge on any atom is -0.380 e. The van der Waals surface area contributed by atoms with Gasteiger partial charge in [-0.05, 0) is 12.2 Å². The van der Waals surface area contributed by atoms with E-state index in [0.717, 1.165) is 0 Å². The maximum atomic E-state index is 4.75. The van der Waals surface area contributed by atoms with E-state index in [1.54, 1.807) is 26.4 Å². The highest BCUT2D eigenvalue weighted by Crippen LogP contribution is 1.69. The van der Waals surface area contributed by atoms with Gasteiger partial charge in [0, 0.05) is 14.2 Å². The van der Waals surface area contributed by atoms with Crippen molar-refractivity contribution in [2.45, 2.75) is 0 Å². The molecule has 0 radical (unpaired) electrons. The number of hydrogen-bond acceptors (Lipinski definition) is 2. The number of hydrogen-bond donors (Lipinski definition) is 0. The third kappa shape index (κ3) is 7.22. The Bertz CT molecular complexity index is 131. The molecule has 0 unspecified atom stereocenters. The van der Waals surface area contributed by atoms with Crippen molar-refractivity contribution in [1.29, 1.82) is 0 Å². The van der Waals surface area contributed by atoms with E-state index in [1.165, 1.54) is 0 Å². The fourth-order valence-corrected chi connectivity index (χ4v) is 0.368. The zero-order valence-electron chi connectivity index (χ0n) is 6.39. The van der Waals surface area contributed by atoms with Crippen LogP contribution in [0.1, 0.15) is 0 Å². The summed E-state index contributed by atoms with van der Waals surface area (Å²) in [7, 11) is 3.27.